The van der Waals surface area contributed by atoms with Crippen molar-refractivity contribution in [1.29, 1.82) is 5.26 Å². The van der Waals surface area contributed by atoms with Gasteiger partial charge in [0.25, 0.3) is 0 Å². The molecule has 3 atom stereocenters. The van der Waals surface area contributed by atoms with Gasteiger partial charge in [0, 0.05) is 27.2 Å². The third-order valence-electron chi connectivity index (χ3n) is 4.02. The Morgan fingerprint density at radius 1 is 1.23 bits per heavy atom. The standard InChI is InChI=1S/C18H15NO2S/c1-11-7-8-16(22-11)13-9-14(13)18(21)15(10-19)17(20)12-5-3-2-4-6-12/h2-8,13-15H,9H2,1H3/t13-,14-,15+/m1/s1. The summed E-state index contributed by atoms with van der Waals surface area (Å²) in [5.74, 6) is -1.80. The summed E-state index contributed by atoms with van der Waals surface area (Å²) in [5.41, 5.74) is 0.423. The quantitative estimate of drug-likeness (QED) is 0.624. The zero-order valence-corrected chi connectivity index (χ0v) is 13.0. The highest BCUT2D eigenvalue weighted by atomic mass is 32.1. The minimum Gasteiger partial charge on any atom is -0.297 e. The zero-order valence-electron chi connectivity index (χ0n) is 12.2. The Morgan fingerprint density at radius 2 is 1.95 bits per heavy atom. The van der Waals surface area contributed by atoms with E-state index in [-0.39, 0.29) is 23.4 Å². The Morgan fingerprint density at radius 3 is 2.55 bits per heavy atom. The number of rotatable bonds is 5. The van der Waals surface area contributed by atoms with Crippen molar-refractivity contribution in [2.75, 3.05) is 0 Å². The van der Waals surface area contributed by atoms with Gasteiger partial charge in [-0.15, -0.1) is 11.3 Å². The highest BCUT2D eigenvalue weighted by Crippen LogP contribution is 2.51. The average molecular weight is 309 g/mol. The van der Waals surface area contributed by atoms with Crippen LogP contribution in [0.2, 0.25) is 0 Å². The number of ketones is 2. The van der Waals surface area contributed by atoms with E-state index in [0.29, 0.717) is 5.56 Å². The summed E-state index contributed by atoms with van der Waals surface area (Å²) in [5, 5.41) is 9.28. The molecular formula is C18H15NO2S. The molecule has 22 heavy (non-hydrogen) atoms. The van der Waals surface area contributed by atoms with E-state index in [0.717, 1.165) is 6.42 Å². The van der Waals surface area contributed by atoms with Crippen molar-refractivity contribution >= 4 is 22.9 Å². The lowest BCUT2D eigenvalue weighted by Gasteiger charge is -2.07. The molecule has 1 saturated carbocycles. The van der Waals surface area contributed by atoms with Gasteiger partial charge in [-0.2, -0.15) is 5.26 Å². The number of carbonyl (C=O) groups is 2. The van der Waals surface area contributed by atoms with E-state index in [2.05, 4.69) is 0 Å². The van der Waals surface area contributed by atoms with Crippen molar-refractivity contribution in [1.82, 2.24) is 0 Å². The van der Waals surface area contributed by atoms with E-state index in [9.17, 15) is 14.9 Å². The van der Waals surface area contributed by atoms with Gasteiger partial charge < -0.3 is 0 Å². The Bertz CT molecular complexity index is 757. The lowest BCUT2D eigenvalue weighted by atomic mass is 9.92. The van der Waals surface area contributed by atoms with Crippen molar-refractivity contribution in [2.45, 2.75) is 19.3 Å². The number of benzene rings is 1. The van der Waals surface area contributed by atoms with E-state index in [1.165, 1.54) is 9.75 Å². The molecule has 1 fully saturated rings. The molecule has 2 aromatic rings. The first-order chi connectivity index (χ1) is 10.6. The summed E-state index contributed by atoms with van der Waals surface area (Å²) in [6, 6.07) is 14.5. The van der Waals surface area contributed by atoms with Crippen LogP contribution in [0.15, 0.2) is 42.5 Å². The van der Waals surface area contributed by atoms with Crippen molar-refractivity contribution in [3.8, 4) is 6.07 Å². The van der Waals surface area contributed by atoms with Crippen molar-refractivity contribution in [2.24, 2.45) is 11.8 Å². The molecular weight excluding hydrogens is 294 g/mol. The maximum atomic E-state index is 12.5. The second-order valence-electron chi connectivity index (χ2n) is 5.59. The van der Waals surface area contributed by atoms with Crippen molar-refractivity contribution in [3.63, 3.8) is 0 Å². The van der Waals surface area contributed by atoms with Gasteiger partial charge in [0.1, 0.15) is 0 Å². The zero-order chi connectivity index (χ0) is 15.7. The van der Waals surface area contributed by atoms with Gasteiger partial charge in [-0.1, -0.05) is 30.3 Å². The molecule has 3 nitrogen and oxygen atoms in total. The highest BCUT2D eigenvalue weighted by molar-refractivity contribution is 7.12. The minimum absolute atomic E-state index is 0.185. The van der Waals surface area contributed by atoms with E-state index < -0.39 is 5.92 Å². The largest absolute Gasteiger partial charge is 0.297 e. The number of hydrogen-bond acceptors (Lipinski definition) is 4. The molecule has 0 spiro atoms. The predicted molar refractivity (Wildman–Crippen MR) is 84.8 cm³/mol. The van der Waals surface area contributed by atoms with E-state index in [1.807, 2.05) is 25.1 Å². The normalized spacial score (nSPS) is 20.9. The minimum atomic E-state index is -1.18. The lowest BCUT2D eigenvalue weighted by Crippen LogP contribution is -2.24. The molecule has 1 aromatic heterocycles. The van der Waals surface area contributed by atoms with Gasteiger partial charge in [0.2, 0.25) is 0 Å². The molecule has 0 aliphatic heterocycles. The van der Waals surface area contributed by atoms with Crippen LogP contribution in [0.4, 0.5) is 0 Å². The molecule has 0 N–H and O–H groups in total. The van der Waals surface area contributed by atoms with Crippen LogP contribution >= 0.6 is 11.3 Å². The second-order valence-corrected chi connectivity index (χ2v) is 6.91. The fraction of sp³-hybridized carbons (Fsp3) is 0.278. The summed E-state index contributed by atoms with van der Waals surface area (Å²) in [6.45, 7) is 2.03. The molecule has 0 unspecified atom stereocenters. The van der Waals surface area contributed by atoms with Crippen LogP contribution in [0.3, 0.4) is 0 Å². The van der Waals surface area contributed by atoms with Crippen LogP contribution in [0.1, 0.15) is 32.5 Å². The molecule has 110 valence electrons. The number of carbonyl (C=O) groups excluding carboxylic acids is 2. The van der Waals surface area contributed by atoms with Crippen molar-refractivity contribution in [3.05, 3.63) is 57.8 Å². The number of nitrogens with zero attached hydrogens (tertiary/aromatic N) is 1. The molecule has 1 aromatic carbocycles. The SMILES string of the molecule is Cc1ccc([C@@H]2C[C@H]2C(=O)[C@@H](C#N)C(=O)c2ccccc2)s1. The number of aryl methyl sites for hydroxylation is 1. The lowest BCUT2D eigenvalue weighted by molar-refractivity contribution is -0.121. The molecule has 4 heteroatoms. The monoisotopic (exact) mass is 309 g/mol. The van der Waals surface area contributed by atoms with Crippen LogP contribution in [-0.2, 0) is 4.79 Å². The molecule has 0 radical (unpaired) electrons. The summed E-state index contributed by atoms with van der Waals surface area (Å²) in [6.07, 6.45) is 0.749. The molecule has 1 aliphatic carbocycles. The topological polar surface area (TPSA) is 57.9 Å². The second kappa shape index (κ2) is 5.86. The number of thiophene rings is 1. The summed E-state index contributed by atoms with van der Waals surface area (Å²) in [4.78, 5) is 27.3. The maximum Gasteiger partial charge on any atom is 0.187 e. The molecule has 3 rings (SSSR count). The van der Waals surface area contributed by atoms with Gasteiger partial charge in [-0.25, -0.2) is 0 Å². The Balaban J connectivity index is 1.74. The Hall–Kier alpha value is -2.25. The third kappa shape index (κ3) is 2.72. The summed E-state index contributed by atoms with van der Waals surface area (Å²) < 4.78 is 0. The van der Waals surface area contributed by atoms with Gasteiger partial charge in [0.05, 0.1) is 6.07 Å². The Kier molecular flexibility index (Phi) is 3.91. The molecule has 0 bridgehead atoms. The molecule has 0 saturated heterocycles. The molecule has 1 heterocycles. The van der Waals surface area contributed by atoms with Crippen molar-refractivity contribution < 1.29 is 9.59 Å². The first-order valence-electron chi connectivity index (χ1n) is 7.20. The third-order valence-corrected chi connectivity index (χ3v) is 5.15. The number of Topliss-reactive ketones (excluding diaryl/α,β-unsaturated/α-hetero) is 2. The van der Waals surface area contributed by atoms with E-state index >= 15 is 0 Å². The van der Waals surface area contributed by atoms with Gasteiger partial charge in [-0.05, 0) is 25.5 Å². The first-order valence-corrected chi connectivity index (χ1v) is 8.02. The highest BCUT2D eigenvalue weighted by Gasteiger charge is 2.48. The van der Waals surface area contributed by atoms with E-state index in [4.69, 9.17) is 0 Å². The van der Waals surface area contributed by atoms with Gasteiger partial charge in [-0.3, -0.25) is 9.59 Å². The van der Waals surface area contributed by atoms with Gasteiger partial charge in [0.15, 0.2) is 17.5 Å². The summed E-state index contributed by atoms with van der Waals surface area (Å²) >= 11 is 1.68. The first kappa shape index (κ1) is 14.7. The predicted octanol–water partition coefficient (Wildman–Crippen LogP) is 3.75. The molecule has 0 amide bonds. The Labute approximate surface area is 133 Å². The fourth-order valence-corrected chi connectivity index (χ4v) is 3.77. The number of hydrogen-bond donors (Lipinski definition) is 0. The number of nitriles is 1. The molecule has 1 aliphatic rings. The fourth-order valence-electron chi connectivity index (χ4n) is 2.71. The maximum absolute atomic E-state index is 12.5. The van der Waals surface area contributed by atoms with Crippen LogP contribution in [0, 0.1) is 30.1 Å². The van der Waals surface area contributed by atoms with Crippen LogP contribution in [-0.4, -0.2) is 11.6 Å². The van der Waals surface area contributed by atoms with Gasteiger partial charge >= 0.3 is 0 Å². The van der Waals surface area contributed by atoms with Crippen LogP contribution in [0.5, 0.6) is 0 Å². The van der Waals surface area contributed by atoms with Crippen LogP contribution in [0.25, 0.3) is 0 Å². The smallest absolute Gasteiger partial charge is 0.187 e. The van der Waals surface area contributed by atoms with Crippen LogP contribution < -0.4 is 0 Å². The average Bonchev–Trinajstić information content (AvgIpc) is 3.23. The van der Waals surface area contributed by atoms with E-state index in [1.54, 1.807) is 41.7 Å². The summed E-state index contributed by atoms with van der Waals surface area (Å²) in [7, 11) is 0.